The Kier molecular flexibility index (Phi) is 7.17. The molecule has 33 heavy (non-hydrogen) atoms. The van der Waals surface area contributed by atoms with Crippen molar-refractivity contribution in [3.8, 4) is 11.6 Å². The number of pyridine rings is 1. The van der Waals surface area contributed by atoms with E-state index in [0.717, 1.165) is 49.6 Å². The van der Waals surface area contributed by atoms with Crippen molar-refractivity contribution in [2.75, 3.05) is 36.5 Å². The van der Waals surface area contributed by atoms with Gasteiger partial charge in [-0.3, -0.25) is 4.79 Å². The predicted molar refractivity (Wildman–Crippen MR) is 130 cm³/mol. The first-order valence-electron chi connectivity index (χ1n) is 11.6. The van der Waals surface area contributed by atoms with Gasteiger partial charge in [0.25, 0.3) is 0 Å². The molecule has 1 N–H and O–H groups in total. The smallest absolute Gasteiger partial charge is 0.305 e. The molecular formula is C25H32ClN3O4. The maximum absolute atomic E-state index is 11.3. The lowest BCUT2D eigenvalue weighted by Gasteiger charge is -2.38. The zero-order valence-electron chi connectivity index (χ0n) is 19.4. The number of carboxylic acids is 1. The fraction of sp³-hybridized carbons (Fsp3) is 0.520. The molecular weight excluding hydrogens is 442 g/mol. The summed E-state index contributed by atoms with van der Waals surface area (Å²) < 4.78 is 11.6. The zero-order chi connectivity index (χ0) is 23.5. The number of halogens is 1. The standard InChI is InChI=1S/C25H32ClN3O4/c1-16-8-11-29(21(16)13-25(30)31)18-4-6-19(7-5-18)33-23-9-10-28(15-17(23)2)22-12-24(32-3)27-14-20(22)26/h4-7,12,14,16-17,21,23H,8-11,13,15H2,1-3H3,(H,30,31). The van der Waals surface area contributed by atoms with Gasteiger partial charge in [0, 0.05) is 49.8 Å². The molecule has 2 aromatic rings. The summed E-state index contributed by atoms with van der Waals surface area (Å²) >= 11 is 6.39. The Morgan fingerprint density at radius 1 is 1.18 bits per heavy atom. The van der Waals surface area contributed by atoms with Crippen molar-refractivity contribution in [3.63, 3.8) is 0 Å². The Hall–Kier alpha value is -2.67. The van der Waals surface area contributed by atoms with E-state index in [1.807, 2.05) is 30.3 Å². The highest BCUT2D eigenvalue weighted by atomic mass is 35.5. The number of aliphatic carboxylic acids is 1. The van der Waals surface area contributed by atoms with Gasteiger partial charge in [0.05, 0.1) is 30.4 Å². The van der Waals surface area contributed by atoms with Gasteiger partial charge in [-0.25, -0.2) is 4.98 Å². The van der Waals surface area contributed by atoms with Crippen LogP contribution in [0.3, 0.4) is 0 Å². The molecule has 2 saturated heterocycles. The van der Waals surface area contributed by atoms with Crippen molar-refractivity contribution in [2.45, 2.75) is 45.3 Å². The SMILES string of the molecule is COc1cc(N2CCC(Oc3ccc(N4CCC(C)C4CC(=O)O)cc3)C(C)C2)c(Cl)cn1. The fourth-order valence-electron chi connectivity index (χ4n) is 4.99. The molecule has 4 atom stereocenters. The molecule has 4 rings (SSSR count). The van der Waals surface area contributed by atoms with Crippen LogP contribution in [-0.2, 0) is 4.79 Å². The third kappa shape index (κ3) is 5.29. The third-order valence-electron chi connectivity index (χ3n) is 6.91. The second-order valence-electron chi connectivity index (χ2n) is 9.16. The Morgan fingerprint density at radius 2 is 1.94 bits per heavy atom. The van der Waals surface area contributed by atoms with Crippen LogP contribution in [0.25, 0.3) is 0 Å². The molecule has 2 fully saturated rings. The topological polar surface area (TPSA) is 75.1 Å². The minimum Gasteiger partial charge on any atom is -0.490 e. The van der Waals surface area contributed by atoms with Crippen molar-refractivity contribution in [1.29, 1.82) is 0 Å². The van der Waals surface area contributed by atoms with Crippen LogP contribution in [-0.4, -0.2) is 54.9 Å². The number of carbonyl (C=O) groups is 1. The van der Waals surface area contributed by atoms with Crippen molar-refractivity contribution >= 4 is 28.9 Å². The molecule has 0 bridgehead atoms. The fourth-order valence-corrected chi connectivity index (χ4v) is 5.21. The third-order valence-corrected chi connectivity index (χ3v) is 7.20. The van der Waals surface area contributed by atoms with Gasteiger partial charge < -0.3 is 24.4 Å². The van der Waals surface area contributed by atoms with Gasteiger partial charge in [-0.05, 0) is 36.6 Å². The number of hydrogen-bond donors (Lipinski definition) is 1. The average molecular weight is 474 g/mol. The first-order chi connectivity index (χ1) is 15.9. The van der Waals surface area contributed by atoms with E-state index >= 15 is 0 Å². The van der Waals surface area contributed by atoms with E-state index in [-0.39, 0.29) is 18.6 Å². The Labute approximate surface area is 200 Å². The summed E-state index contributed by atoms with van der Waals surface area (Å²) in [4.78, 5) is 19.9. The number of aromatic nitrogens is 1. The summed E-state index contributed by atoms with van der Waals surface area (Å²) in [5.41, 5.74) is 2.00. The van der Waals surface area contributed by atoms with Crippen LogP contribution in [0.1, 0.15) is 33.1 Å². The molecule has 8 heteroatoms. The first kappa shape index (κ1) is 23.5. The van der Waals surface area contributed by atoms with E-state index in [0.29, 0.717) is 22.7 Å². The summed E-state index contributed by atoms with van der Waals surface area (Å²) in [6, 6.07) is 10.0. The van der Waals surface area contributed by atoms with Gasteiger partial charge >= 0.3 is 5.97 Å². The maximum Gasteiger partial charge on any atom is 0.305 e. The van der Waals surface area contributed by atoms with E-state index < -0.39 is 5.97 Å². The summed E-state index contributed by atoms with van der Waals surface area (Å²) in [7, 11) is 1.60. The first-order valence-corrected chi connectivity index (χ1v) is 11.9. The number of carboxylic acid groups (broad SMARTS) is 1. The largest absolute Gasteiger partial charge is 0.490 e. The Bertz CT molecular complexity index is 971. The summed E-state index contributed by atoms with van der Waals surface area (Å²) in [5, 5.41) is 9.89. The molecule has 178 valence electrons. The number of piperidine rings is 1. The van der Waals surface area contributed by atoms with Crippen LogP contribution in [0.4, 0.5) is 11.4 Å². The number of benzene rings is 1. The number of ether oxygens (including phenoxy) is 2. The van der Waals surface area contributed by atoms with Gasteiger partial charge in [-0.2, -0.15) is 0 Å². The van der Waals surface area contributed by atoms with Crippen molar-refractivity contribution in [1.82, 2.24) is 4.98 Å². The van der Waals surface area contributed by atoms with E-state index in [2.05, 4.69) is 28.6 Å². The van der Waals surface area contributed by atoms with Gasteiger partial charge in [0.1, 0.15) is 11.9 Å². The minimum atomic E-state index is -0.745. The lowest BCUT2D eigenvalue weighted by molar-refractivity contribution is -0.137. The Morgan fingerprint density at radius 3 is 2.61 bits per heavy atom. The maximum atomic E-state index is 11.3. The van der Waals surface area contributed by atoms with E-state index in [1.54, 1.807) is 13.3 Å². The highest BCUT2D eigenvalue weighted by Crippen LogP contribution is 2.35. The highest BCUT2D eigenvalue weighted by molar-refractivity contribution is 6.33. The predicted octanol–water partition coefficient (Wildman–Crippen LogP) is 4.73. The Balaban J connectivity index is 1.38. The van der Waals surface area contributed by atoms with Crippen LogP contribution in [0, 0.1) is 11.8 Å². The van der Waals surface area contributed by atoms with E-state index in [1.165, 1.54) is 0 Å². The molecule has 0 radical (unpaired) electrons. The molecule has 0 aliphatic carbocycles. The highest BCUT2D eigenvalue weighted by Gasteiger charge is 2.33. The average Bonchev–Trinajstić information content (AvgIpc) is 3.15. The van der Waals surface area contributed by atoms with E-state index in [9.17, 15) is 9.90 Å². The number of hydrogen-bond acceptors (Lipinski definition) is 6. The molecule has 1 aromatic heterocycles. The lowest BCUT2D eigenvalue weighted by atomic mass is 9.96. The van der Waals surface area contributed by atoms with Crippen LogP contribution in [0.2, 0.25) is 5.02 Å². The van der Waals surface area contributed by atoms with Crippen molar-refractivity contribution < 1.29 is 19.4 Å². The molecule has 1 aromatic carbocycles. The summed E-state index contributed by atoms with van der Waals surface area (Å²) in [6.45, 7) is 6.88. The normalized spacial score (nSPS) is 25.2. The quantitative estimate of drug-likeness (QED) is 0.623. The van der Waals surface area contributed by atoms with E-state index in [4.69, 9.17) is 21.1 Å². The number of methoxy groups -OCH3 is 1. The van der Waals surface area contributed by atoms with Gasteiger partial charge in [0.15, 0.2) is 0 Å². The molecule has 2 aliphatic heterocycles. The van der Waals surface area contributed by atoms with Crippen LogP contribution >= 0.6 is 11.6 Å². The van der Waals surface area contributed by atoms with Crippen LogP contribution in [0.15, 0.2) is 36.5 Å². The second-order valence-corrected chi connectivity index (χ2v) is 9.57. The number of rotatable bonds is 7. The zero-order valence-corrected chi connectivity index (χ0v) is 20.2. The second kappa shape index (κ2) is 10.1. The van der Waals surface area contributed by atoms with Gasteiger partial charge in [0.2, 0.25) is 5.88 Å². The molecule has 0 spiro atoms. The van der Waals surface area contributed by atoms with Gasteiger partial charge in [-0.15, -0.1) is 0 Å². The molecule has 3 heterocycles. The molecule has 0 amide bonds. The van der Waals surface area contributed by atoms with Crippen molar-refractivity contribution in [2.24, 2.45) is 11.8 Å². The number of nitrogens with zero attached hydrogens (tertiary/aromatic N) is 3. The lowest BCUT2D eigenvalue weighted by Crippen LogP contribution is -2.44. The molecule has 7 nitrogen and oxygen atoms in total. The number of anilines is 2. The molecule has 0 saturated carbocycles. The van der Waals surface area contributed by atoms with Crippen LogP contribution < -0.4 is 19.3 Å². The van der Waals surface area contributed by atoms with Gasteiger partial charge in [-0.1, -0.05) is 25.4 Å². The minimum absolute atomic E-state index is 0.0391. The summed E-state index contributed by atoms with van der Waals surface area (Å²) in [6.07, 6.45) is 3.81. The summed E-state index contributed by atoms with van der Waals surface area (Å²) in [5.74, 6) is 1.34. The molecule has 2 aliphatic rings. The molecule has 4 unspecified atom stereocenters. The van der Waals surface area contributed by atoms with Crippen LogP contribution in [0.5, 0.6) is 11.6 Å². The van der Waals surface area contributed by atoms with Crippen molar-refractivity contribution in [3.05, 3.63) is 41.6 Å². The monoisotopic (exact) mass is 473 g/mol.